The van der Waals surface area contributed by atoms with Crippen molar-refractivity contribution in [1.29, 1.82) is 0 Å². The highest BCUT2D eigenvalue weighted by Gasteiger charge is 2.58. The fourth-order valence-corrected chi connectivity index (χ4v) is 7.56. The van der Waals surface area contributed by atoms with Gasteiger partial charge < -0.3 is 5.11 Å². The third-order valence-corrected chi connectivity index (χ3v) is 9.05. The third-order valence-electron chi connectivity index (χ3n) is 9.05. The maximum atomic E-state index is 12.8. The molecule has 0 spiro atoms. The first-order valence-corrected chi connectivity index (χ1v) is 12.2. The van der Waals surface area contributed by atoms with Crippen LogP contribution in [0.5, 0.6) is 0 Å². The number of halogens is 6. The summed E-state index contributed by atoms with van der Waals surface area (Å²) in [6.45, 7) is 5.04. The first kappa shape index (κ1) is 27.5. The van der Waals surface area contributed by atoms with Gasteiger partial charge in [-0.15, -0.1) is 0 Å². The number of hydrogen-bond acceptors (Lipinski definition) is 1. The molecular formula is C25H40F6O. The normalized spacial score (nSPS) is 40.6. The molecule has 0 aromatic carbocycles. The Hall–Kier alpha value is -0.720. The number of alkyl halides is 6. The van der Waals surface area contributed by atoms with Crippen molar-refractivity contribution >= 4 is 0 Å². The molecule has 7 atom stereocenters. The molecule has 4 rings (SSSR count). The van der Waals surface area contributed by atoms with Crippen LogP contribution in [0.2, 0.25) is 0 Å². The van der Waals surface area contributed by atoms with Gasteiger partial charge in [0.25, 0.3) is 0 Å². The van der Waals surface area contributed by atoms with Crippen molar-refractivity contribution in [2.24, 2.45) is 34.5 Å². The van der Waals surface area contributed by atoms with Gasteiger partial charge in [0.05, 0.1) is 6.10 Å². The standard InChI is InChI=1S/C22H33F3O.C2H6.CHF3/c1-20-11-9-19-17(5-3-15-13-16(26)8-10-21(15,19)2)18(20)6-4-14(20)7-12-22(23,24)25;1-2;2-1(3)4/h3,14,16-19,26H,4-13H2,1-2H3;1-2H3;1H/t14?,16-,17?,18?,19?,20?,21?;;/m0../s1. The molecule has 0 amide bonds. The summed E-state index contributed by atoms with van der Waals surface area (Å²) in [6.07, 6.45) is 6.11. The lowest BCUT2D eigenvalue weighted by Crippen LogP contribution is -2.50. The summed E-state index contributed by atoms with van der Waals surface area (Å²) in [5, 5.41) is 10.1. The van der Waals surface area contributed by atoms with Crippen molar-refractivity contribution in [2.75, 3.05) is 0 Å². The first-order chi connectivity index (χ1) is 14.9. The van der Waals surface area contributed by atoms with E-state index in [1.807, 2.05) is 13.8 Å². The minimum Gasteiger partial charge on any atom is -0.393 e. The van der Waals surface area contributed by atoms with Crippen LogP contribution in [0.1, 0.15) is 91.9 Å². The summed E-state index contributed by atoms with van der Waals surface area (Å²) >= 11 is 0. The third kappa shape index (κ3) is 5.85. The van der Waals surface area contributed by atoms with E-state index in [-0.39, 0.29) is 22.9 Å². The molecule has 1 N–H and O–H groups in total. The number of aliphatic hydroxyl groups excluding tert-OH is 1. The molecule has 3 saturated carbocycles. The lowest BCUT2D eigenvalue weighted by molar-refractivity contribution is -0.141. The van der Waals surface area contributed by atoms with Crippen LogP contribution in [0, 0.1) is 34.5 Å². The summed E-state index contributed by atoms with van der Waals surface area (Å²) in [6, 6.07) is 0. The number of fused-ring (bicyclic) bond motifs is 5. The monoisotopic (exact) mass is 470 g/mol. The van der Waals surface area contributed by atoms with Crippen molar-refractivity contribution in [1.82, 2.24) is 0 Å². The molecule has 4 aliphatic rings. The van der Waals surface area contributed by atoms with Gasteiger partial charge in [0.15, 0.2) is 0 Å². The lowest BCUT2D eigenvalue weighted by atomic mass is 9.47. The second-order valence-electron chi connectivity index (χ2n) is 10.4. The van der Waals surface area contributed by atoms with Crippen LogP contribution in [0.25, 0.3) is 0 Å². The average Bonchev–Trinajstić information content (AvgIpc) is 3.04. The average molecular weight is 471 g/mol. The van der Waals surface area contributed by atoms with Gasteiger partial charge in [0.1, 0.15) is 0 Å². The SMILES string of the molecule is CC.CC12CC[C@H](O)CC1=CCC1C2CCC2(C)C(CCC(F)(F)F)CCC12.FC(F)F. The zero-order valence-electron chi connectivity index (χ0n) is 19.8. The predicted molar refractivity (Wildman–Crippen MR) is 115 cm³/mol. The maximum absolute atomic E-state index is 12.8. The van der Waals surface area contributed by atoms with Crippen LogP contribution in [0.15, 0.2) is 11.6 Å². The van der Waals surface area contributed by atoms with Gasteiger partial charge in [0.2, 0.25) is 0 Å². The van der Waals surface area contributed by atoms with E-state index in [9.17, 15) is 31.4 Å². The number of allylic oxidation sites excluding steroid dienone is 1. The second-order valence-corrected chi connectivity index (χ2v) is 10.4. The number of rotatable bonds is 2. The Bertz CT molecular complexity index is 630. The number of aliphatic hydroxyl groups is 1. The predicted octanol–water partition coefficient (Wildman–Crippen LogP) is 8.47. The Morgan fingerprint density at radius 1 is 1.00 bits per heavy atom. The van der Waals surface area contributed by atoms with Gasteiger partial charge in [-0.1, -0.05) is 39.3 Å². The van der Waals surface area contributed by atoms with Crippen LogP contribution < -0.4 is 0 Å². The van der Waals surface area contributed by atoms with Crippen molar-refractivity contribution in [3.63, 3.8) is 0 Å². The molecule has 32 heavy (non-hydrogen) atoms. The Morgan fingerprint density at radius 3 is 2.22 bits per heavy atom. The highest BCUT2D eigenvalue weighted by atomic mass is 19.4. The van der Waals surface area contributed by atoms with E-state index in [1.54, 1.807) is 0 Å². The van der Waals surface area contributed by atoms with Crippen molar-refractivity contribution in [3.8, 4) is 0 Å². The quantitative estimate of drug-likeness (QED) is 0.317. The summed E-state index contributed by atoms with van der Waals surface area (Å²) in [5.74, 6) is 2.12. The van der Waals surface area contributed by atoms with Gasteiger partial charge in [-0.2, -0.15) is 26.3 Å². The molecule has 3 fully saturated rings. The molecule has 0 saturated heterocycles. The van der Waals surface area contributed by atoms with E-state index in [2.05, 4.69) is 19.9 Å². The van der Waals surface area contributed by atoms with Gasteiger partial charge in [-0.25, -0.2) is 0 Å². The van der Waals surface area contributed by atoms with Crippen LogP contribution in [-0.2, 0) is 0 Å². The van der Waals surface area contributed by atoms with Crippen LogP contribution in [0.4, 0.5) is 26.3 Å². The zero-order chi connectivity index (χ0) is 24.3. The lowest BCUT2D eigenvalue weighted by Gasteiger charge is -2.58. The maximum Gasteiger partial charge on any atom is 0.389 e. The highest BCUT2D eigenvalue weighted by Crippen LogP contribution is 2.66. The molecule has 0 bridgehead atoms. The van der Waals surface area contributed by atoms with E-state index in [0.717, 1.165) is 51.4 Å². The molecule has 0 aliphatic heterocycles. The molecule has 4 aliphatic carbocycles. The van der Waals surface area contributed by atoms with Crippen LogP contribution >= 0.6 is 0 Å². The van der Waals surface area contributed by atoms with Crippen molar-refractivity contribution in [2.45, 2.75) is 111 Å². The van der Waals surface area contributed by atoms with Gasteiger partial charge in [-0.3, -0.25) is 0 Å². The molecule has 0 aromatic heterocycles. The van der Waals surface area contributed by atoms with Gasteiger partial charge in [-0.05, 0) is 92.3 Å². The molecule has 0 heterocycles. The first-order valence-electron chi connectivity index (χ1n) is 12.2. The van der Waals surface area contributed by atoms with Crippen LogP contribution in [-0.4, -0.2) is 24.1 Å². The molecule has 6 unspecified atom stereocenters. The largest absolute Gasteiger partial charge is 0.393 e. The Morgan fingerprint density at radius 2 is 1.62 bits per heavy atom. The molecule has 0 aromatic rings. The Kier molecular flexibility index (Phi) is 9.19. The van der Waals surface area contributed by atoms with E-state index >= 15 is 0 Å². The van der Waals surface area contributed by atoms with Gasteiger partial charge >= 0.3 is 12.9 Å². The fraction of sp³-hybridized carbons (Fsp3) is 0.920. The Balaban J connectivity index is 0.000000547. The second kappa shape index (κ2) is 10.7. The molecule has 1 nitrogen and oxygen atoms in total. The van der Waals surface area contributed by atoms with Gasteiger partial charge in [0, 0.05) is 6.42 Å². The number of hydrogen-bond donors (Lipinski definition) is 1. The van der Waals surface area contributed by atoms with Crippen molar-refractivity contribution < 1.29 is 31.4 Å². The van der Waals surface area contributed by atoms with E-state index < -0.39 is 19.3 Å². The minimum atomic E-state index is -4.02. The van der Waals surface area contributed by atoms with Crippen molar-refractivity contribution in [3.05, 3.63) is 11.6 Å². The smallest absolute Gasteiger partial charge is 0.389 e. The molecule has 188 valence electrons. The molecule has 7 heteroatoms. The summed E-state index contributed by atoms with van der Waals surface area (Å²) in [4.78, 5) is 0. The highest BCUT2D eigenvalue weighted by molar-refractivity contribution is 5.25. The summed E-state index contributed by atoms with van der Waals surface area (Å²) in [5.41, 5.74) is 1.78. The Labute approximate surface area is 189 Å². The van der Waals surface area contributed by atoms with Crippen LogP contribution in [0.3, 0.4) is 0 Å². The molecular weight excluding hydrogens is 430 g/mol. The summed E-state index contributed by atoms with van der Waals surface area (Å²) in [7, 11) is 0. The topological polar surface area (TPSA) is 20.2 Å². The fourth-order valence-electron chi connectivity index (χ4n) is 7.56. The zero-order valence-corrected chi connectivity index (χ0v) is 19.8. The molecule has 0 radical (unpaired) electrons. The minimum absolute atomic E-state index is 0.0995. The van der Waals surface area contributed by atoms with E-state index in [4.69, 9.17) is 0 Å². The van der Waals surface area contributed by atoms with E-state index in [0.29, 0.717) is 24.2 Å². The van der Waals surface area contributed by atoms with E-state index in [1.165, 1.54) is 5.57 Å². The summed E-state index contributed by atoms with van der Waals surface area (Å²) < 4.78 is 67.3.